The lowest BCUT2D eigenvalue weighted by atomic mass is 10.0. The fourth-order valence-electron chi connectivity index (χ4n) is 3.69. The first-order valence-corrected chi connectivity index (χ1v) is 11.7. The van der Waals surface area contributed by atoms with Crippen LogP contribution in [0.25, 0.3) is 10.8 Å². The molecule has 0 saturated heterocycles. The van der Waals surface area contributed by atoms with E-state index >= 15 is 0 Å². The number of hydrogen-bond donors (Lipinski definition) is 0. The molecule has 0 N–H and O–H groups in total. The third-order valence-corrected chi connectivity index (χ3v) is 7.07. The number of fused-ring (bicyclic) bond motifs is 1. The SMILES string of the molecule is CCCCc1ccc(C2=NN(S(=O)(=O)c3ccc4ccccc4c3)CCC2)cc1. The molecule has 0 spiro atoms. The molecule has 0 amide bonds. The number of unbranched alkanes of at least 4 members (excludes halogenated alkanes) is 1. The zero-order chi connectivity index (χ0) is 20.3. The molecule has 4 nitrogen and oxygen atoms in total. The van der Waals surface area contributed by atoms with E-state index in [0.29, 0.717) is 6.54 Å². The first-order valence-electron chi connectivity index (χ1n) is 10.3. The van der Waals surface area contributed by atoms with Gasteiger partial charge in [-0.05, 0) is 59.7 Å². The van der Waals surface area contributed by atoms with E-state index in [1.165, 1.54) is 22.8 Å². The fraction of sp³-hybridized carbons (Fsp3) is 0.292. The van der Waals surface area contributed by atoms with Crippen molar-refractivity contribution < 1.29 is 8.42 Å². The van der Waals surface area contributed by atoms with Crippen LogP contribution < -0.4 is 0 Å². The Balaban J connectivity index is 1.61. The largest absolute Gasteiger partial charge is 0.279 e. The van der Waals surface area contributed by atoms with Gasteiger partial charge in [0.1, 0.15) is 0 Å². The van der Waals surface area contributed by atoms with Crippen molar-refractivity contribution in [3.63, 3.8) is 0 Å². The maximum absolute atomic E-state index is 13.2. The molecule has 0 saturated carbocycles. The molecule has 1 aliphatic heterocycles. The maximum Gasteiger partial charge on any atom is 0.279 e. The monoisotopic (exact) mass is 406 g/mol. The van der Waals surface area contributed by atoms with E-state index in [1.54, 1.807) is 12.1 Å². The van der Waals surface area contributed by atoms with Crippen LogP contribution in [0.15, 0.2) is 76.7 Å². The lowest BCUT2D eigenvalue weighted by molar-refractivity contribution is 0.410. The predicted molar refractivity (Wildman–Crippen MR) is 119 cm³/mol. The summed E-state index contributed by atoms with van der Waals surface area (Å²) in [5, 5.41) is 6.47. The average molecular weight is 407 g/mol. The predicted octanol–water partition coefficient (Wildman–Crippen LogP) is 5.37. The van der Waals surface area contributed by atoms with Gasteiger partial charge in [0.05, 0.1) is 17.2 Å². The van der Waals surface area contributed by atoms with E-state index in [2.05, 4.69) is 36.3 Å². The molecule has 3 aromatic rings. The summed E-state index contributed by atoms with van der Waals surface area (Å²) in [4.78, 5) is 0.288. The van der Waals surface area contributed by atoms with E-state index < -0.39 is 10.0 Å². The third kappa shape index (κ3) is 4.20. The molecule has 1 aliphatic rings. The summed E-state index contributed by atoms with van der Waals surface area (Å²) in [6, 6.07) is 21.4. The highest BCUT2D eigenvalue weighted by molar-refractivity contribution is 7.89. The van der Waals surface area contributed by atoms with Gasteiger partial charge in [-0.1, -0.05) is 67.9 Å². The van der Waals surface area contributed by atoms with E-state index in [4.69, 9.17) is 0 Å². The Labute approximate surface area is 172 Å². The minimum atomic E-state index is -3.67. The van der Waals surface area contributed by atoms with Crippen molar-refractivity contribution in [2.24, 2.45) is 5.10 Å². The fourth-order valence-corrected chi connectivity index (χ4v) is 5.02. The van der Waals surface area contributed by atoms with Gasteiger partial charge in [-0.15, -0.1) is 0 Å². The first-order chi connectivity index (χ1) is 14.1. The maximum atomic E-state index is 13.2. The van der Waals surface area contributed by atoms with Crippen LogP contribution in [-0.2, 0) is 16.4 Å². The van der Waals surface area contributed by atoms with Crippen molar-refractivity contribution in [2.45, 2.75) is 43.9 Å². The van der Waals surface area contributed by atoms with Crippen molar-refractivity contribution in [2.75, 3.05) is 6.54 Å². The summed E-state index contributed by atoms with van der Waals surface area (Å²) in [5.41, 5.74) is 3.15. The normalized spacial score (nSPS) is 14.8. The van der Waals surface area contributed by atoms with E-state index in [9.17, 15) is 8.42 Å². The Morgan fingerprint density at radius 3 is 2.48 bits per heavy atom. The van der Waals surface area contributed by atoms with Gasteiger partial charge in [-0.25, -0.2) is 0 Å². The number of aryl methyl sites for hydroxylation is 1. The highest BCUT2D eigenvalue weighted by atomic mass is 32.2. The quantitative estimate of drug-likeness (QED) is 0.552. The molecule has 0 radical (unpaired) electrons. The van der Waals surface area contributed by atoms with Gasteiger partial charge in [-0.2, -0.15) is 17.9 Å². The molecule has 0 bridgehead atoms. The molecule has 150 valence electrons. The van der Waals surface area contributed by atoms with Gasteiger partial charge in [0, 0.05) is 0 Å². The van der Waals surface area contributed by atoms with Crippen LogP contribution in [0.5, 0.6) is 0 Å². The molecular weight excluding hydrogens is 380 g/mol. The molecule has 3 aromatic carbocycles. The van der Waals surface area contributed by atoms with Crippen molar-refractivity contribution >= 4 is 26.5 Å². The summed E-state index contributed by atoms with van der Waals surface area (Å²) in [6.07, 6.45) is 4.99. The zero-order valence-corrected chi connectivity index (χ0v) is 17.5. The molecule has 0 unspecified atom stereocenters. The van der Waals surface area contributed by atoms with E-state index in [0.717, 1.165) is 41.3 Å². The van der Waals surface area contributed by atoms with Crippen LogP contribution in [0.2, 0.25) is 0 Å². The van der Waals surface area contributed by atoms with Gasteiger partial charge >= 0.3 is 0 Å². The third-order valence-electron chi connectivity index (χ3n) is 5.40. The molecule has 4 rings (SSSR count). The van der Waals surface area contributed by atoms with Crippen LogP contribution >= 0.6 is 0 Å². The molecule has 0 fully saturated rings. The summed E-state index contributed by atoms with van der Waals surface area (Å²) >= 11 is 0. The van der Waals surface area contributed by atoms with Crippen LogP contribution in [0.1, 0.15) is 43.7 Å². The summed E-state index contributed by atoms with van der Waals surface area (Å²) in [5.74, 6) is 0. The smallest absolute Gasteiger partial charge is 0.200 e. The minimum absolute atomic E-state index is 0.288. The van der Waals surface area contributed by atoms with Crippen LogP contribution in [0.4, 0.5) is 0 Å². The van der Waals surface area contributed by atoms with Crippen molar-refractivity contribution in [1.29, 1.82) is 0 Å². The van der Waals surface area contributed by atoms with Crippen LogP contribution in [0, 0.1) is 0 Å². The topological polar surface area (TPSA) is 49.7 Å². The van der Waals surface area contributed by atoms with E-state index in [-0.39, 0.29) is 4.90 Å². The second kappa shape index (κ2) is 8.37. The molecule has 0 atom stereocenters. The van der Waals surface area contributed by atoms with Gasteiger partial charge < -0.3 is 0 Å². The minimum Gasteiger partial charge on any atom is -0.200 e. The summed E-state index contributed by atoms with van der Waals surface area (Å²) < 4.78 is 27.7. The standard InChI is InChI=1S/C24H26N2O2S/c1-2-3-7-19-11-13-21(14-12-19)24-10-6-17-26(25-24)29(27,28)23-16-15-20-8-4-5-9-22(20)18-23/h4-5,8-9,11-16,18H,2-3,6-7,10,17H2,1H3. The number of sulfonamides is 1. The average Bonchev–Trinajstić information content (AvgIpc) is 2.78. The Morgan fingerprint density at radius 1 is 0.966 bits per heavy atom. The molecule has 0 aliphatic carbocycles. The van der Waals surface area contributed by atoms with Gasteiger partial charge in [-0.3, -0.25) is 0 Å². The Kier molecular flexibility index (Phi) is 5.67. The van der Waals surface area contributed by atoms with E-state index in [1.807, 2.05) is 30.3 Å². The molecule has 5 heteroatoms. The number of rotatable bonds is 6. The number of nitrogens with zero attached hydrogens (tertiary/aromatic N) is 2. The van der Waals surface area contributed by atoms with Gasteiger partial charge in [0.25, 0.3) is 10.0 Å². The van der Waals surface area contributed by atoms with Gasteiger partial charge in [0.2, 0.25) is 0 Å². The first kappa shape index (κ1) is 19.6. The highest BCUT2D eigenvalue weighted by Crippen LogP contribution is 2.25. The number of hydrazone groups is 1. The Morgan fingerprint density at radius 2 is 1.72 bits per heavy atom. The van der Waals surface area contributed by atoms with Crippen molar-refractivity contribution in [3.05, 3.63) is 77.9 Å². The molecular formula is C24H26N2O2S. The molecule has 0 aromatic heterocycles. The lowest BCUT2D eigenvalue weighted by Crippen LogP contribution is -2.32. The number of hydrogen-bond acceptors (Lipinski definition) is 3. The van der Waals surface area contributed by atoms with Crippen molar-refractivity contribution in [3.8, 4) is 0 Å². The number of benzene rings is 3. The second-order valence-corrected chi connectivity index (χ2v) is 9.35. The summed E-state index contributed by atoms with van der Waals surface area (Å²) in [6.45, 7) is 2.60. The second-order valence-electron chi connectivity index (χ2n) is 7.51. The van der Waals surface area contributed by atoms with Crippen LogP contribution in [0.3, 0.4) is 0 Å². The lowest BCUT2D eigenvalue weighted by Gasteiger charge is -2.25. The Hall–Kier alpha value is -2.66. The zero-order valence-electron chi connectivity index (χ0n) is 16.7. The van der Waals surface area contributed by atoms with Gasteiger partial charge in [0.15, 0.2) is 0 Å². The highest BCUT2D eigenvalue weighted by Gasteiger charge is 2.26. The summed E-state index contributed by atoms with van der Waals surface area (Å²) in [7, 11) is -3.67. The van der Waals surface area contributed by atoms with Crippen LogP contribution in [-0.4, -0.2) is 25.1 Å². The Bertz CT molecular complexity index is 1140. The molecule has 29 heavy (non-hydrogen) atoms. The van der Waals surface area contributed by atoms with Crippen molar-refractivity contribution in [1.82, 2.24) is 4.41 Å². The molecule has 1 heterocycles.